The molecule has 2 aliphatic heterocycles. The Morgan fingerprint density at radius 3 is 1.24 bits per heavy atom. The highest BCUT2D eigenvalue weighted by molar-refractivity contribution is 5.32. The first-order chi connectivity index (χ1) is 29.6. The van der Waals surface area contributed by atoms with Crippen molar-refractivity contribution in [2.75, 3.05) is 27.4 Å². The Bertz CT molecular complexity index is 1820. The Labute approximate surface area is 372 Å². The van der Waals surface area contributed by atoms with E-state index in [9.17, 15) is 0 Å². The molecule has 4 aromatic rings. The van der Waals surface area contributed by atoms with E-state index in [1.165, 1.54) is 12.8 Å². The summed E-state index contributed by atoms with van der Waals surface area (Å²) in [6.45, 7) is 20.7. The molecule has 0 N–H and O–H groups in total. The number of ether oxygens (including phenoxy) is 5. The maximum Gasteiger partial charge on any atom is 0.123 e. The summed E-state index contributed by atoms with van der Waals surface area (Å²) < 4.78 is 31.1. The molecule has 3 aromatic carbocycles. The summed E-state index contributed by atoms with van der Waals surface area (Å²) in [5.41, 5.74) is 6.33. The number of hydrogen-bond acceptors (Lipinski definition) is 10. The fourth-order valence-corrected chi connectivity index (χ4v) is 9.56. The van der Waals surface area contributed by atoms with Crippen LogP contribution in [0.5, 0.6) is 5.75 Å². The van der Waals surface area contributed by atoms with Gasteiger partial charge in [0.25, 0.3) is 0 Å². The molecule has 0 spiro atoms. The number of aromatic nitrogens is 1. The molecule has 2 saturated heterocycles. The van der Waals surface area contributed by atoms with Gasteiger partial charge in [-0.1, -0.05) is 78.9 Å². The van der Waals surface area contributed by atoms with E-state index in [0.717, 1.165) is 64.9 Å². The molecule has 1 aromatic heterocycles. The fraction of sp³-hybridized carbons (Fsp3) is 0.558. The number of rotatable bonds is 21. The zero-order chi connectivity index (χ0) is 44.4. The molecule has 10 heteroatoms. The Balaban J connectivity index is 1.25. The predicted octanol–water partition coefficient (Wildman–Crippen LogP) is 11.4. The third-order valence-electron chi connectivity index (χ3n) is 12.3. The minimum Gasteiger partial charge on any atom is -0.489 e. The summed E-state index contributed by atoms with van der Waals surface area (Å²) >= 11 is 0. The molecule has 2 unspecified atom stereocenters. The van der Waals surface area contributed by atoms with Crippen molar-refractivity contribution in [3.05, 3.63) is 130 Å². The van der Waals surface area contributed by atoms with Crippen molar-refractivity contribution >= 4 is 0 Å². The fourth-order valence-electron chi connectivity index (χ4n) is 9.56. The molecular weight excluding hydrogens is 779 g/mol. The number of methoxy groups -OCH3 is 2. The van der Waals surface area contributed by atoms with Crippen molar-refractivity contribution < 1.29 is 33.4 Å². The van der Waals surface area contributed by atoms with Gasteiger partial charge < -0.3 is 23.7 Å². The number of nitrogens with zero attached hydrogens (tertiary/aromatic N) is 3. The molecule has 0 bridgehead atoms. The highest BCUT2D eigenvalue weighted by Crippen LogP contribution is 2.40. The van der Waals surface area contributed by atoms with Crippen LogP contribution in [0.4, 0.5) is 0 Å². The molecule has 0 aliphatic carbocycles. The van der Waals surface area contributed by atoms with Gasteiger partial charge in [0.1, 0.15) is 24.6 Å². The van der Waals surface area contributed by atoms with Crippen LogP contribution >= 0.6 is 0 Å². The molecular formula is C52H73N3O7. The quantitative estimate of drug-likeness (QED) is 0.0808. The summed E-state index contributed by atoms with van der Waals surface area (Å²) in [7, 11) is 3.41. The highest BCUT2D eigenvalue weighted by Gasteiger charge is 2.44. The number of hydrogen-bond donors (Lipinski definition) is 0. The van der Waals surface area contributed by atoms with Crippen LogP contribution in [-0.2, 0) is 61.7 Å². The molecule has 338 valence electrons. The summed E-state index contributed by atoms with van der Waals surface area (Å²) in [4.78, 5) is 18.6. The van der Waals surface area contributed by atoms with E-state index >= 15 is 0 Å². The Morgan fingerprint density at radius 1 is 0.500 bits per heavy atom. The molecule has 0 saturated carbocycles. The lowest BCUT2D eigenvalue weighted by molar-refractivity contribution is -0.292. The van der Waals surface area contributed by atoms with E-state index in [-0.39, 0.29) is 47.6 Å². The Hall–Kier alpha value is -3.71. The standard InChI is InChI=1S/C52H73N3O7/c1-49(2)23-17-24-50(3,4)54(49)61-37-47(42-19-13-11-14-20-42)59-35-44-30-46(58-34-41-28-39(32-56-9)27-40(29-41)33-57-10)31-45(53-44)36-60-48(43-21-15-12-16-22-43)38-62-55-51(5,6)25-18-26-52(55,7)8/h11-16,19-22,27-31,47-48H,17-18,23-26,32-38H2,1-10H3. The number of piperidine rings is 2. The van der Waals surface area contributed by atoms with Crippen LogP contribution in [0.25, 0.3) is 0 Å². The minimum absolute atomic E-state index is 0.0959. The lowest BCUT2D eigenvalue weighted by atomic mass is 9.82. The molecule has 0 amide bonds. The van der Waals surface area contributed by atoms with Crippen LogP contribution in [0.3, 0.4) is 0 Å². The first-order valence-electron chi connectivity index (χ1n) is 22.5. The molecule has 2 aliphatic rings. The van der Waals surface area contributed by atoms with Gasteiger partial charge in [0.15, 0.2) is 0 Å². The van der Waals surface area contributed by atoms with Gasteiger partial charge in [-0.25, -0.2) is 0 Å². The smallest absolute Gasteiger partial charge is 0.123 e. The van der Waals surface area contributed by atoms with E-state index in [1.807, 2.05) is 48.5 Å². The molecule has 62 heavy (non-hydrogen) atoms. The van der Waals surface area contributed by atoms with Gasteiger partial charge in [-0.15, -0.1) is 0 Å². The van der Waals surface area contributed by atoms with Crippen molar-refractivity contribution in [3.8, 4) is 5.75 Å². The normalized spacial score (nSPS) is 19.5. The lowest BCUT2D eigenvalue weighted by Gasteiger charge is -2.51. The second kappa shape index (κ2) is 21.3. The van der Waals surface area contributed by atoms with Gasteiger partial charge >= 0.3 is 0 Å². The molecule has 3 heterocycles. The third-order valence-corrected chi connectivity index (χ3v) is 12.3. The van der Waals surface area contributed by atoms with E-state index < -0.39 is 0 Å². The number of hydroxylamine groups is 4. The van der Waals surface area contributed by atoms with Gasteiger partial charge in [-0.2, -0.15) is 10.1 Å². The highest BCUT2D eigenvalue weighted by atomic mass is 16.7. The largest absolute Gasteiger partial charge is 0.489 e. The van der Waals surface area contributed by atoms with E-state index in [0.29, 0.717) is 38.8 Å². The van der Waals surface area contributed by atoms with Crippen molar-refractivity contribution in [1.82, 2.24) is 15.1 Å². The van der Waals surface area contributed by atoms with Gasteiger partial charge in [0.05, 0.1) is 51.0 Å². The van der Waals surface area contributed by atoms with Crippen molar-refractivity contribution in [2.24, 2.45) is 0 Å². The first-order valence-corrected chi connectivity index (χ1v) is 22.5. The monoisotopic (exact) mass is 852 g/mol. The summed E-state index contributed by atoms with van der Waals surface area (Å²) in [5, 5.41) is 4.40. The summed E-state index contributed by atoms with van der Waals surface area (Å²) in [6, 6.07) is 30.9. The second-order valence-corrected chi connectivity index (χ2v) is 19.7. The van der Waals surface area contributed by atoms with Crippen LogP contribution in [0, 0.1) is 0 Å². The van der Waals surface area contributed by atoms with Crippen LogP contribution in [0.2, 0.25) is 0 Å². The maximum absolute atomic E-state index is 6.78. The van der Waals surface area contributed by atoms with Gasteiger partial charge in [-0.05, 0) is 122 Å². The van der Waals surface area contributed by atoms with Crippen LogP contribution in [-0.4, -0.2) is 64.7 Å². The van der Waals surface area contributed by atoms with Gasteiger partial charge in [0.2, 0.25) is 0 Å². The molecule has 2 atom stereocenters. The molecule has 2 fully saturated rings. The average Bonchev–Trinajstić information content (AvgIpc) is 3.22. The average molecular weight is 852 g/mol. The minimum atomic E-state index is -0.332. The molecule has 6 rings (SSSR count). The number of benzene rings is 3. The van der Waals surface area contributed by atoms with Crippen molar-refractivity contribution in [2.45, 2.75) is 161 Å². The number of pyridine rings is 1. The maximum atomic E-state index is 6.78. The van der Waals surface area contributed by atoms with Crippen molar-refractivity contribution in [3.63, 3.8) is 0 Å². The zero-order valence-corrected chi connectivity index (χ0v) is 39.2. The van der Waals surface area contributed by atoms with E-state index in [1.54, 1.807) is 14.2 Å². The summed E-state index contributed by atoms with van der Waals surface area (Å²) in [6.07, 6.45) is 5.98. The SMILES string of the molecule is COCc1cc(COC)cc(COc2cc(COC(CON3C(C)(C)CCCC3(C)C)c3ccccc3)nc(COC(CON3C(C)(C)CCCC3(C)C)c3ccccc3)c2)c1. The Morgan fingerprint density at radius 2 is 0.871 bits per heavy atom. The van der Waals surface area contributed by atoms with Crippen LogP contribution in [0.15, 0.2) is 91.0 Å². The van der Waals surface area contributed by atoms with Crippen LogP contribution in [0.1, 0.15) is 145 Å². The first kappa shape index (κ1) is 47.8. The lowest BCUT2D eigenvalue weighted by Crippen LogP contribution is -2.58. The van der Waals surface area contributed by atoms with Gasteiger partial charge in [-0.3, -0.25) is 14.7 Å². The topological polar surface area (TPSA) is 84.0 Å². The van der Waals surface area contributed by atoms with Crippen molar-refractivity contribution in [1.29, 1.82) is 0 Å². The van der Waals surface area contributed by atoms with Gasteiger partial charge in [0, 0.05) is 48.5 Å². The van der Waals surface area contributed by atoms with E-state index in [2.05, 4.69) is 108 Å². The third kappa shape index (κ3) is 12.9. The Kier molecular flexibility index (Phi) is 16.4. The molecule has 10 nitrogen and oxygen atoms in total. The van der Waals surface area contributed by atoms with E-state index in [4.69, 9.17) is 38.3 Å². The van der Waals surface area contributed by atoms with Crippen LogP contribution < -0.4 is 4.74 Å². The predicted molar refractivity (Wildman–Crippen MR) is 244 cm³/mol. The zero-order valence-electron chi connectivity index (χ0n) is 39.2. The molecule has 0 radical (unpaired) electrons. The second-order valence-electron chi connectivity index (χ2n) is 19.7. The summed E-state index contributed by atoms with van der Waals surface area (Å²) in [5.74, 6) is 0.677.